The predicted molar refractivity (Wildman–Crippen MR) is 63.1 cm³/mol. The van der Waals surface area contributed by atoms with E-state index < -0.39 is 0 Å². The van der Waals surface area contributed by atoms with E-state index in [-0.39, 0.29) is 11.4 Å². The molecule has 0 bridgehead atoms. The first-order valence-corrected chi connectivity index (χ1v) is 5.98. The molecule has 1 saturated carbocycles. The highest BCUT2D eigenvalue weighted by Crippen LogP contribution is 2.50. The van der Waals surface area contributed by atoms with Crippen molar-refractivity contribution in [2.45, 2.75) is 32.6 Å². The van der Waals surface area contributed by atoms with Gasteiger partial charge in [-0.3, -0.25) is 4.79 Å². The molecule has 0 heterocycles. The third kappa shape index (κ3) is 2.43. The third-order valence-corrected chi connectivity index (χ3v) is 3.30. The van der Waals surface area contributed by atoms with Gasteiger partial charge in [0, 0.05) is 0 Å². The van der Waals surface area contributed by atoms with E-state index in [2.05, 4.69) is 12.1 Å². The smallest absolute Gasteiger partial charge is 0.312 e. The molecule has 2 heteroatoms. The fraction of sp³-hybridized carbons (Fsp3) is 0.500. The van der Waals surface area contributed by atoms with Crippen molar-refractivity contribution in [3.8, 4) is 0 Å². The second-order valence-corrected chi connectivity index (χ2v) is 4.49. The highest BCUT2D eigenvalue weighted by atomic mass is 16.5. The van der Waals surface area contributed by atoms with Crippen LogP contribution in [0.15, 0.2) is 30.3 Å². The minimum Gasteiger partial charge on any atom is -0.466 e. The summed E-state index contributed by atoms with van der Waals surface area (Å²) in [6.07, 6.45) is 3.90. The first-order valence-electron chi connectivity index (χ1n) is 5.98. The minimum absolute atomic E-state index is 0.00549. The lowest BCUT2D eigenvalue weighted by Gasteiger charge is -2.13. The molecule has 1 aromatic rings. The summed E-state index contributed by atoms with van der Waals surface area (Å²) < 4.78 is 5.12. The Morgan fingerprint density at radius 3 is 2.56 bits per heavy atom. The summed E-state index contributed by atoms with van der Waals surface area (Å²) in [4.78, 5) is 11.7. The SMILES string of the molecule is CCOC(=O)C1(CCc2ccccc2)CC1. The molecule has 0 atom stereocenters. The van der Waals surface area contributed by atoms with Crippen molar-refractivity contribution in [3.05, 3.63) is 35.9 Å². The van der Waals surface area contributed by atoms with E-state index in [1.807, 2.05) is 25.1 Å². The van der Waals surface area contributed by atoms with Gasteiger partial charge in [-0.15, -0.1) is 0 Å². The molecule has 0 aliphatic heterocycles. The quantitative estimate of drug-likeness (QED) is 0.710. The van der Waals surface area contributed by atoms with Crippen molar-refractivity contribution in [1.29, 1.82) is 0 Å². The Morgan fingerprint density at radius 1 is 1.31 bits per heavy atom. The Labute approximate surface area is 96.6 Å². The zero-order valence-corrected chi connectivity index (χ0v) is 9.74. The summed E-state index contributed by atoms with van der Waals surface area (Å²) >= 11 is 0. The summed E-state index contributed by atoms with van der Waals surface area (Å²) in [5, 5.41) is 0. The van der Waals surface area contributed by atoms with E-state index in [1.54, 1.807) is 0 Å². The van der Waals surface area contributed by atoms with E-state index in [4.69, 9.17) is 4.74 Å². The van der Waals surface area contributed by atoms with Gasteiger partial charge >= 0.3 is 5.97 Å². The van der Waals surface area contributed by atoms with Gasteiger partial charge in [0.15, 0.2) is 0 Å². The van der Waals surface area contributed by atoms with Crippen LogP contribution in [0.3, 0.4) is 0 Å². The molecule has 0 unspecified atom stereocenters. The van der Waals surface area contributed by atoms with Crippen LogP contribution in [-0.2, 0) is 16.0 Å². The number of ether oxygens (including phenoxy) is 1. The zero-order valence-electron chi connectivity index (χ0n) is 9.74. The maximum atomic E-state index is 11.7. The van der Waals surface area contributed by atoms with Crippen molar-refractivity contribution < 1.29 is 9.53 Å². The molecule has 1 aliphatic carbocycles. The van der Waals surface area contributed by atoms with Crippen LogP contribution < -0.4 is 0 Å². The summed E-state index contributed by atoms with van der Waals surface area (Å²) in [5.74, 6) is 0.00549. The van der Waals surface area contributed by atoms with Gasteiger partial charge in [0.1, 0.15) is 0 Å². The summed E-state index contributed by atoms with van der Waals surface area (Å²) in [7, 11) is 0. The fourth-order valence-corrected chi connectivity index (χ4v) is 2.02. The molecule has 1 fully saturated rings. The Morgan fingerprint density at radius 2 is 2.00 bits per heavy atom. The van der Waals surface area contributed by atoms with Crippen molar-refractivity contribution >= 4 is 5.97 Å². The number of hydrogen-bond acceptors (Lipinski definition) is 2. The Hall–Kier alpha value is -1.31. The monoisotopic (exact) mass is 218 g/mol. The van der Waals surface area contributed by atoms with E-state index in [0.717, 1.165) is 25.7 Å². The number of esters is 1. The molecule has 86 valence electrons. The van der Waals surface area contributed by atoms with Gasteiger partial charge in [0.05, 0.1) is 12.0 Å². The number of carbonyl (C=O) groups excluding carboxylic acids is 1. The van der Waals surface area contributed by atoms with Gasteiger partial charge in [-0.2, -0.15) is 0 Å². The van der Waals surface area contributed by atoms with Crippen LogP contribution in [0.25, 0.3) is 0 Å². The molecule has 1 aliphatic rings. The average Bonchev–Trinajstić information content (AvgIpc) is 3.09. The molecule has 0 spiro atoms. The van der Waals surface area contributed by atoms with Crippen LogP contribution in [0.5, 0.6) is 0 Å². The number of carbonyl (C=O) groups is 1. The summed E-state index contributed by atoms with van der Waals surface area (Å²) in [6.45, 7) is 2.36. The van der Waals surface area contributed by atoms with Crippen LogP contribution in [0.2, 0.25) is 0 Å². The number of rotatable bonds is 5. The molecule has 0 radical (unpaired) electrons. The van der Waals surface area contributed by atoms with E-state index in [9.17, 15) is 4.79 Å². The predicted octanol–water partition coefficient (Wildman–Crippen LogP) is 2.96. The minimum atomic E-state index is -0.147. The Kier molecular flexibility index (Phi) is 3.28. The van der Waals surface area contributed by atoms with Crippen LogP contribution in [-0.4, -0.2) is 12.6 Å². The van der Waals surface area contributed by atoms with E-state index in [1.165, 1.54) is 5.56 Å². The number of hydrogen-bond donors (Lipinski definition) is 0. The van der Waals surface area contributed by atoms with E-state index >= 15 is 0 Å². The van der Waals surface area contributed by atoms with Crippen LogP contribution in [0, 0.1) is 5.41 Å². The van der Waals surface area contributed by atoms with Crippen molar-refractivity contribution in [2.24, 2.45) is 5.41 Å². The molecule has 0 saturated heterocycles. The lowest BCUT2D eigenvalue weighted by Crippen LogP contribution is -2.19. The van der Waals surface area contributed by atoms with E-state index in [0.29, 0.717) is 6.61 Å². The summed E-state index contributed by atoms with van der Waals surface area (Å²) in [5.41, 5.74) is 1.16. The maximum Gasteiger partial charge on any atom is 0.312 e. The lowest BCUT2D eigenvalue weighted by atomic mass is 9.97. The van der Waals surface area contributed by atoms with Gasteiger partial charge in [0.2, 0.25) is 0 Å². The highest BCUT2D eigenvalue weighted by molar-refractivity contribution is 5.79. The highest BCUT2D eigenvalue weighted by Gasteiger charge is 2.50. The topological polar surface area (TPSA) is 26.3 Å². The molecular weight excluding hydrogens is 200 g/mol. The van der Waals surface area contributed by atoms with Crippen molar-refractivity contribution in [3.63, 3.8) is 0 Å². The molecule has 2 nitrogen and oxygen atoms in total. The average molecular weight is 218 g/mol. The number of benzene rings is 1. The fourth-order valence-electron chi connectivity index (χ4n) is 2.02. The molecule has 0 aromatic heterocycles. The van der Waals surface area contributed by atoms with Crippen LogP contribution in [0.4, 0.5) is 0 Å². The van der Waals surface area contributed by atoms with Crippen molar-refractivity contribution in [1.82, 2.24) is 0 Å². The maximum absolute atomic E-state index is 11.7. The molecule has 0 amide bonds. The third-order valence-electron chi connectivity index (χ3n) is 3.30. The molecule has 2 rings (SSSR count). The van der Waals surface area contributed by atoms with Gasteiger partial charge < -0.3 is 4.74 Å². The van der Waals surface area contributed by atoms with Gasteiger partial charge in [0.25, 0.3) is 0 Å². The second-order valence-electron chi connectivity index (χ2n) is 4.49. The van der Waals surface area contributed by atoms with Gasteiger partial charge in [-0.1, -0.05) is 30.3 Å². The lowest BCUT2D eigenvalue weighted by molar-refractivity contribution is -0.149. The molecule has 16 heavy (non-hydrogen) atoms. The first kappa shape index (κ1) is 11.2. The zero-order chi connectivity index (χ0) is 11.4. The summed E-state index contributed by atoms with van der Waals surface area (Å²) in [6, 6.07) is 10.3. The van der Waals surface area contributed by atoms with Crippen LogP contribution in [0.1, 0.15) is 31.7 Å². The second kappa shape index (κ2) is 4.69. The number of aryl methyl sites for hydroxylation is 1. The molecule has 0 N–H and O–H groups in total. The standard InChI is InChI=1S/C14H18O2/c1-2-16-13(15)14(10-11-14)9-8-12-6-4-3-5-7-12/h3-7H,2,8-11H2,1H3. The largest absolute Gasteiger partial charge is 0.466 e. The first-order chi connectivity index (χ1) is 7.77. The van der Waals surface area contributed by atoms with Crippen LogP contribution >= 0.6 is 0 Å². The Bertz CT molecular complexity index is 352. The normalized spacial score (nSPS) is 16.8. The molecule has 1 aromatic carbocycles. The molecular formula is C14H18O2. The van der Waals surface area contributed by atoms with Crippen molar-refractivity contribution in [2.75, 3.05) is 6.61 Å². The Balaban J connectivity index is 1.88. The van der Waals surface area contributed by atoms with Gasteiger partial charge in [-0.05, 0) is 38.2 Å². The van der Waals surface area contributed by atoms with Gasteiger partial charge in [-0.25, -0.2) is 0 Å².